The SMILES string of the molecule is CC(C)(C)OO.CO.COP(N=C=O)OC.COP1(=O)N(C)C(=O)NC1(c1ccccc1)c1ccccc1.COP1(=O)N(C)C(=S)NC1(c1ccccc1)c1ccccc1.COP1(=O)N(C)C(N)=NC1(c1ccccc1)c1ccccc1.CP.ClCCl.N.N=C(c1ccccc1)c1ccccc1.PC(P)(P)P.PC(P)P.PCP.PPC(P)(P)P. The number of carbonyl (C=O) groups excluding carboxylic acids is 2. The van der Waals surface area contributed by atoms with Crippen LogP contribution in [0.2, 0.25) is 0 Å². The van der Waals surface area contributed by atoms with Crippen LogP contribution in [0.1, 0.15) is 65.3 Å². The second-order valence-corrected chi connectivity index (χ2v) is 58.1. The fourth-order valence-electron chi connectivity index (χ4n) is 10.2. The van der Waals surface area contributed by atoms with Gasteiger partial charge in [-0.15, -0.1) is 157 Å². The van der Waals surface area contributed by atoms with E-state index in [0.717, 1.165) is 65.8 Å². The van der Waals surface area contributed by atoms with E-state index in [4.69, 9.17) is 70.5 Å². The molecule has 0 aromatic heterocycles. The van der Waals surface area contributed by atoms with Crippen molar-refractivity contribution in [3.63, 3.8) is 0 Å². The Hall–Kier alpha value is -1.17. The van der Waals surface area contributed by atoms with Crippen LogP contribution < -0.4 is 22.5 Å². The third kappa shape index (κ3) is 38.9. The summed E-state index contributed by atoms with van der Waals surface area (Å²) in [5, 5.41) is 26.9. The summed E-state index contributed by atoms with van der Waals surface area (Å²) in [6.07, 6.45) is 1.32. The normalized spacial score (nSPS) is 17.1. The monoisotopic (exact) mass is 2060 g/mol. The molecule has 45 heteroatoms. The van der Waals surface area contributed by atoms with Gasteiger partial charge in [0.05, 0.1) is 16.7 Å². The number of aliphatic imine (C=N–C) groups is 1. The van der Waals surface area contributed by atoms with Gasteiger partial charge in [0.1, 0.15) is 0 Å². The van der Waals surface area contributed by atoms with E-state index in [2.05, 4.69) is 163 Å². The van der Waals surface area contributed by atoms with Crippen molar-refractivity contribution in [2.24, 2.45) is 15.5 Å². The zero-order valence-corrected chi connectivity index (χ0v) is 92.6. The van der Waals surface area contributed by atoms with E-state index < -0.39 is 58.6 Å². The van der Waals surface area contributed by atoms with Gasteiger partial charge in [0.15, 0.2) is 21.6 Å². The van der Waals surface area contributed by atoms with Crippen LogP contribution in [0.3, 0.4) is 0 Å². The van der Waals surface area contributed by atoms with Crippen molar-refractivity contribution >= 4 is 233 Å². The predicted octanol–water partition coefficient (Wildman–Crippen LogP) is 21.2. The predicted molar refractivity (Wildman–Crippen MR) is 569 cm³/mol. The first kappa shape index (κ1) is 123. The molecule has 3 aliphatic heterocycles. The maximum absolute atomic E-state index is 13.7. The molecule has 10 N–H and O–H groups in total. The van der Waals surface area contributed by atoms with Gasteiger partial charge in [-0.1, -0.05) is 258 Å². The highest BCUT2D eigenvalue weighted by Gasteiger charge is 2.64. The van der Waals surface area contributed by atoms with E-state index in [1.165, 1.54) is 58.0 Å². The second-order valence-electron chi connectivity index (χ2n) is 24.4. The van der Waals surface area contributed by atoms with E-state index in [0.29, 0.717) is 16.0 Å². The number of aliphatic hydroxyl groups excluding tert-OH is 1. The number of rotatable bonds is 15. The van der Waals surface area contributed by atoms with Crippen LogP contribution in [-0.2, 0) is 61.8 Å². The van der Waals surface area contributed by atoms with Gasteiger partial charge in [0.25, 0.3) is 0 Å². The van der Waals surface area contributed by atoms with Crippen LogP contribution in [0.5, 0.6) is 0 Å². The van der Waals surface area contributed by atoms with Gasteiger partial charge >= 0.3 is 37.1 Å². The number of amides is 2. The lowest BCUT2D eigenvalue weighted by Gasteiger charge is -2.35. The molecule has 0 spiro atoms. The standard InChI is InChI=1S/C16H18N3O2P.C16H17N2O3P.C16H17N2O2PS.C13H11N.C4H10O2.C3H6NO3P.CH2Cl2.CH4O.CH9P5.CH8P4.CH7P3.CH6P2.CH5P.H3N/c1-19-15(17)18-16(22(19,20)21-2,13-9-5-3-6-10-13)14-11-7-4-8-12-14;1-18-15(19)17-16(22(18,20)21-2,13-9-5-3-6-10-13)14-11-7-4-8-12-14;1-18-15(22)17-16(21(18,19)20-2,13-9-5-3-6-10-13)14-11-7-4-8-12-14;14-13(11-7-3-1-4-8-11)12-9-5-2-6-10-12;1-4(2,3)6-5;1-6-8(7-2)4-3-5;2-1-3;1-2;2-1(3,4)6-5;2-1(3,4)5;2-1(3)4;2-1-3;1-2;/h3-12H,1-2H3,(H2,17,18);3-12H,1-2H3,(H,17,19);3-12H,1-2H3,(H,17,22);1-10,14H;5H,1-3H3;1-2H3;1H2;2H,1H3;6H,2-5H2;2-5H2;1H,2-4H2;1-3H2;2H2,1H3;1H3. The Bertz CT molecular complexity index is 4040. The minimum absolute atomic E-state index is 0. The van der Waals surface area contributed by atoms with Gasteiger partial charge in [-0.2, -0.15) is 0 Å². The maximum Gasteiger partial charge on any atom is 0.334 e. The van der Waals surface area contributed by atoms with E-state index >= 15 is 0 Å². The van der Waals surface area contributed by atoms with E-state index in [1.54, 1.807) is 39.5 Å². The molecule has 11 rings (SSSR count). The molecule has 8 aromatic carbocycles. The van der Waals surface area contributed by atoms with Crippen molar-refractivity contribution in [2.45, 2.75) is 56.1 Å². The Labute approximate surface area is 764 Å². The number of nitrogens with zero attached hydrogens (tertiary/aromatic N) is 5. The fourth-order valence-corrected chi connectivity index (χ4v) is 18.5. The smallest absolute Gasteiger partial charge is 0.334 e. The van der Waals surface area contributed by atoms with Crippen molar-refractivity contribution in [2.75, 3.05) is 81.7 Å². The van der Waals surface area contributed by atoms with Crippen molar-refractivity contribution in [3.8, 4) is 0 Å². The van der Waals surface area contributed by atoms with Crippen molar-refractivity contribution < 1.29 is 61.2 Å². The number of benzene rings is 8. The molecule has 23 nitrogen and oxygen atoms in total. The summed E-state index contributed by atoms with van der Waals surface area (Å²) in [5.41, 5.74) is 12.8. The number of nitrogens with one attached hydrogen (secondary N) is 3. The number of hydrogen-bond acceptors (Lipinski definition) is 19. The summed E-state index contributed by atoms with van der Waals surface area (Å²) < 4.78 is 74.4. The first-order valence-corrected chi connectivity index (χ1v) is 53.9. The largest absolute Gasteiger partial charge is 0.400 e. The van der Waals surface area contributed by atoms with Gasteiger partial charge in [0.2, 0.25) is 11.4 Å². The van der Waals surface area contributed by atoms with Gasteiger partial charge in [-0.3, -0.25) is 38.4 Å². The molecule has 18 atom stereocenters. The average molecular weight is 2060 g/mol. The Morgan fingerprint density at radius 2 is 0.808 bits per heavy atom. The topological polar surface area (TPSA) is 325 Å². The molecular formula is C75H123Cl2N10O13P19S. The third-order valence-electron chi connectivity index (χ3n) is 15.2. The number of isocyanates is 1. The summed E-state index contributed by atoms with van der Waals surface area (Å²) in [4.78, 5) is 30.3. The number of thiocarbonyl (C=S) groups is 1. The molecule has 18 unspecified atom stereocenters. The lowest BCUT2D eigenvalue weighted by molar-refractivity contribution is -0.306. The molecule has 2 amide bonds. The number of carbonyl (C=O) groups is 1. The molecule has 666 valence electrons. The summed E-state index contributed by atoms with van der Waals surface area (Å²) >= 11 is 14.9. The van der Waals surface area contributed by atoms with E-state index in [-0.39, 0.29) is 26.2 Å². The molecule has 0 radical (unpaired) electrons. The highest BCUT2D eigenvalue weighted by Crippen LogP contribution is 2.73. The van der Waals surface area contributed by atoms with Crippen LogP contribution in [0, 0.1) is 5.41 Å². The highest BCUT2D eigenvalue weighted by molar-refractivity contribution is 8.11. The Balaban J connectivity index is -0.00000133. The first-order chi connectivity index (χ1) is 56.1. The number of guanidine groups is 1. The lowest BCUT2D eigenvalue weighted by atomic mass is 9.98. The molecule has 0 saturated carbocycles. The molecular weight excluding hydrogens is 1940 g/mol. The average Bonchev–Trinajstić information content (AvgIpc) is 1.55. The van der Waals surface area contributed by atoms with Crippen LogP contribution in [-0.4, -0.2) is 154 Å². The van der Waals surface area contributed by atoms with Gasteiger partial charge in [-0.05, 0) is 83.4 Å². The van der Waals surface area contributed by atoms with E-state index in [9.17, 15) is 23.3 Å². The summed E-state index contributed by atoms with van der Waals surface area (Å²) in [6.45, 7) is 7.23. The van der Waals surface area contributed by atoms with Crippen LogP contribution in [0.4, 0.5) is 4.79 Å². The van der Waals surface area contributed by atoms with Gasteiger partial charge < -0.3 is 50.2 Å². The Kier molecular flexibility index (Phi) is 66.2. The van der Waals surface area contributed by atoms with Crippen molar-refractivity contribution in [1.82, 2.24) is 30.8 Å². The number of halogens is 2. The van der Waals surface area contributed by atoms with E-state index in [1.807, 2.05) is 249 Å². The third-order valence-corrected chi connectivity index (χ3v) is 31.9. The Morgan fingerprint density at radius 1 is 0.575 bits per heavy atom. The molecule has 120 heavy (non-hydrogen) atoms. The zero-order valence-electron chi connectivity index (χ0n) is 69.5. The second kappa shape index (κ2) is 64.6. The maximum atomic E-state index is 13.7. The van der Waals surface area contributed by atoms with Crippen LogP contribution in [0.25, 0.3) is 0 Å². The summed E-state index contributed by atoms with van der Waals surface area (Å²) in [5.74, 6) is 1.29. The minimum atomic E-state index is -3.51. The summed E-state index contributed by atoms with van der Waals surface area (Å²) in [7, 11) is 38.8. The van der Waals surface area contributed by atoms with Crippen molar-refractivity contribution in [1.29, 1.82) is 5.41 Å². The molecule has 0 bridgehead atoms. The first-order valence-electron chi connectivity index (χ1n) is 34.9. The Morgan fingerprint density at radius 3 is 1.02 bits per heavy atom. The lowest BCUT2D eigenvalue weighted by Crippen LogP contribution is -2.39. The van der Waals surface area contributed by atoms with Gasteiger partial charge in [-0.25, -0.2) is 19.5 Å². The number of nitrogens with two attached hydrogens (primary N) is 1. The molecule has 3 heterocycles. The number of hydrogen-bond donors (Lipinski definition) is 7. The molecule has 3 aliphatic rings. The fraction of sp³-hybridized carbons (Fsp3) is 0.293. The highest BCUT2D eigenvalue weighted by atomic mass is 35.5. The quantitative estimate of drug-likeness (QED) is 0.00953. The number of urea groups is 1. The zero-order chi connectivity index (χ0) is 91.5. The van der Waals surface area contributed by atoms with Crippen LogP contribution in [0.15, 0.2) is 252 Å². The molecule has 2 fully saturated rings. The molecule has 0 aliphatic carbocycles. The number of aliphatic hydroxyl groups is 1. The van der Waals surface area contributed by atoms with Crippen LogP contribution >= 0.6 is 204 Å². The van der Waals surface area contributed by atoms with Crippen molar-refractivity contribution in [3.05, 3.63) is 287 Å². The molecule has 8 aromatic rings. The minimum Gasteiger partial charge on any atom is -0.400 e. The number of alkyl halides is 2. The van der Waals surface area contributed by atoms with Gasteiger partial charge in [0, 0.05) is 77.7 Å². The molecule has 2 saturated heterocycles. The summed E-state index contributed by atoms with van der Waals surface area (Å²) in [6, 6.07) is 75.9.